The van der Waals surface area contributed by atoms with Gasteiger partial charge in [-0.05, 0) is 41.1 Å². The van der Waals surface area contributed by atoms with E-state index in [1.807, 2.05) is 25.1 Å². The molecule has 19 heavy (non-hydrogen) atoms. The van der Waals surface area contributed by atoms with E-state index < -0.39 is 12.0 Å². The number of aliphatic carboxylic acids is 1. The highest BCUT2D eigenvalue weighted by Gasteiger charge is 2.22. The van der Waals surface area contributed by atoms with E-state index in [4.69, 9.17) is 9.84 Å². The van der Waals surface area contributed by atoms with Crippen molar-refractivity contribution in [2.45, 2.75) is 19.4 Å². The van der Waals surface area contributed by atoms with Gasteiger partial charge in [0.15, 0.2) is 0 Å². The third kappa shape index (κ3) is 4.46. The molecule has 0 saturated heterocycles. The number of ether oxygens (including phenoxy) is 1. The van der Waals surface area contributed by atoms with Gasteiger partial charge in [0.2, 0.25) is 0 Å². The van der Waals surface area contributed by atoms with Crippen LogP contribution in [0.4, 0.5) is 0 Å². The number of carboxylic acids is 1. The monoisotopic (exact) mass is 377 g/mol. The Bertz CT molecular complexity index is 455. The highest BCUT2D eigenvalue weighted by atomic mass is 127. The van der Waals surface area contributed by atoms with Gasteiger partial charge in [-0.25, -0.2) is 4.79 Å². The first-order chi connectivity index (χ1) is 8.97. The van der Waals surface area contributed by atoms with Crippen molar-refractivity contribution in [1.29, 1.82) is 0 Å². The summed E-state index contributed by atoms with van der Waals surface area (Å²) < 4.78 is 5.64. The molecule has 0 aromatic heterocycles. The van der Waals surface area contributed by atoms with E-state index >= 15 is 0 Å². The maximum atomic E-state index is 12.1. The average molecular weight is 377 g/mol. The van der Waals surface area contributed by atoms with Crippen LogP contribution in [0.1, 0.15) is 22.3 Å². The van der Waals surface area contributed by atoms with Crippen molar-refractivity contribution in [1.82, 2.24) is 5.32 Å². The van der Waals surface area contributed by atoms with Gasteiger partial charge in [0.05, 0.1) is 5.56 Å². The Morgan fingerprint density at radius 2 is 2.16 bits per heavy atom. The van der Waals surface area contributed by atoms with Gasteiger partial charge in [0.25, 0.3) is 5.91 Å². The van der Waals surface area contributed by atoms with E-state index in [0.29, 0.717) is 5.56 Å². The van der Waals surface area contributed by atoms with Gasteiger partial charge in [-0.1, -0.05) is 12.1 Å². The third-order valence-corrected chi connectivity index (χ3v) is 3.56. The number of aryl methyl sites for hydroxylation is 1. The number of carboxylic acid groups (broad SMARTS) is 1. The second-order valence-electron chi connectivity index (χ2n) is 4.08. The molecule has 1 rings (SSSR count). The van der Waals surface area contributed by atoms with Gasteiger partial charge in [-0.2, -0.15) is 0 Å². The van der Waals surface area contributed by atoms with E-state index in [0.717, 1.165) is 9.13 Å². The fourth-order valence-corrected chi connectivity index (χ4v) is 2.52. The van der Waals surface area contributed by atoms with E-state index in [-0.39, 0.29) is 18.9 Å². The lowest BCUT2D eigenvalue weighted by Gasteiger charge is -2.15. The predicted molar refractivity (Wildman–Crippen MR) is 79.3 cm³/mol. The molecule has 0 heterocycles. The number of methoxy groups -OCH3 is 1. The molecule has 5 nitrogen and oxygen atoms in total. The second-order valence-corrected chi connectivity index (χ2v) is 5.24. The lowest BCUT2D eigenvalue weighted by Crippen LogP contribution is -2.42. The summed E-state index contributed by atoms with van der Waals surface area (Å²) in [6, 6.07) is 4.55. The van der Waals surface area contributed by atoms with Crippen LogP contribution < -0.4 is 5.32 Å². The molecule has 1 aromatic carbocycles. The summed E-state index contributed by atoms with van der Waals surface area (Å²) in [5.74, 6) is -1.43. The fraction of sp³-hybridized carbons (Fsp3) is 0.385. The van der Waals surface area contributed by atoms with Gasteiger partial charge in [0.1, 0.15) is 6.04 Å². The molecule has 0 saturated carbocycles. The normalized spacial score (nSPS) is 11.9. The summed E-state index contributed by atoms with van der Waals surface area (Å²) in [5.41, 5.74) is 1.34. The van der Waals surface area contributed by atoms with Crippen LogP contribution >= 0.6 is 22.6 Å². The van der Waals surface area contributed by atoms with Crippen LogP contribution in [0, 0.1) is 10.5 Å². The predicted octanol–water partition coefficient (Wildman–Crippen LogP) is 1.82. The minimum Gasteiger partial charge on any atom is -0.480 e. The molecule has 1 unspecified atom stereocenters. The Kier molecular flexibility index (Phi) is 6.23. The molecule has 2 N–H and O–H groups in total. The van der Waals surface area contributed by atoms with Crippen LogP contribution in [0.25, 0.3) is 0 Å². The molecule has 1 aromatic rings. The summed E-state index contributed by atoms with van der Waals surface area (Å²) in [6.07, 6.45) is 0.236. The molecule has 0 aliphatic heterocycles. The molecule has 0 spiro atoms. The molecule has 1 amide bonds. The van der Waals surface area contributed by atoms with Crippen molar-refractivity contribution in [3.8, 4) is 0 Å². The zero-order chi connectivity index (χ0) is 14.4. The first-order valence-electron chi connectivity index (χ1n) is 5.75. The molecule has 0 radical (unpaired) electrons. The number of carbonyl (C=O) groups excluding carboxylic acids is 1. The number of hydrogen-bond donors (Lipinski definition) is 2. The summed E-state index contributed by atoms with van der Waals surface area (Å²) >= 11 is 2.06. The molecular weight excluding hydrogens is 361 g/mol. The summed E-state index contributed by atoms with van der Waals surface area (Å²) in [7, 11) is 1.49. The van der Waals surface area contributed by atoms with E-state index in [1.165, 1.54) is 7.11 Å². The van der Waals surface area contributed by atoms with E-state index in [2.05, 4.69) is 27.9 Å². The molecule has 0 bridgehead atoms. The number of amides is 1. The molecule has 6 heteroatoms. The summed E-state index contributed by atoms with van der Waals surface area (Å²) in [4.78, 5) is 23.2. The Hall–Kier alpha value is -1.15. The molecule has 104 valence electrons. The minimum absolute atomic E-state index is 0.236. The number of nitrogens with one attached hydrogen (secondary N) is 1. The highest BCUT2D eigenvalue weighted by molar-refractivity contribution is 14.1. The number of benzene rings is 1. The van der Waals surface area contributed by atoms with Crippen molar-refractivity contribution >= 4 is 34.5 Å². The second kappa shape index (κ2) is 7.44. The third-order valence-electron chi connectivity index (χ3n) is 2.66. The zero-order valence-corrected chi connectivity index (χ0v) is 12.9. The zero-order valence-electron chi connectivity index (χ0n) is 10.8. The maximum Gasteiger partial charge on any atom is 0.326 e. The molecule has 0 fully saturated rings. The van der Waals surface area contributed by atoms with Crippen LogP contribution in [0.5, 0.6) is 0 Å². The van der Waals surface area contributed by atoms with Gasteiger partial charge in [0, 0.05) is 23.7 Å². The molecular formula is C13H16INO4. The number of hydrogen-bond acceptors (Lipinski definition) is 3. The summed E-state index contributed by atoms with van der Waals surface area (Å²) in [5, 5.41) is 11.6. The van der Waals surface area contributed by atoms with Crippen molar-refractivity contribution in [2.24, 2.45) is 0 Å². The molecule has 0 aliphatic carbocycles. The standard InChI is InChI=1S/C13H16INO4/c1-8-4-3-5-9(14)11(8)12(16)15-10(13(17)18)6-7-19-2/h3-5,10H,6-7H2,1-2H3,(H,15,16)(H,17,18). The topological polar surface area (TPSA) is 75.6 Å². The smallest absolute Gasteiger partial charge is 0.326 e. The van der Waals surface area contributed by atoms with E-state index in [1.54, 1.807) is 0 Å². The van der Waals surface area contributed by atoms with E-state index in [9.17, 15) is 9.59 Å². The highest BCUT2D eigenvalue weighted by Crippen LogP contribution is 2.16. The molecule has 0 aliphatic rings. The number of rotatable bonds is 6. The van der Waals surface area contributed by atoms with Crippen molar-refractivity contribution in [2.75, 3.05) is 13.7 Å². The van der Waals surface area contributed by atoms with Crippen LogP contribution in [-0.4, -0.2) is 36.7 Å². The summed E-state index contributed by atoms with van der Waals surface area (Å²) in [6.45, 7) is 2.10. The maximum absolute atomic E-state index is 12.1. The lowest BCUT2D eigenvalue weighted by atomic mass is 10.1. The SMILES string of the molecule is COCCC(NC(=O)c1c(C)cccc1I)C(=O)O. The lowest BCUT2D eigenvalue weighted by molar-refractivity contribution is -0.139. The Labute approximate surface area is 125 Å². The fourth-order valence-electron chi connectivity index (χ4n) is 1.64. The number of carbonyl (C=O) groups is 2. The van der Waals surface area contributed by atoms with Crippen molar-refractivity contribution in [3.63, 3.8) is 0 Å². The Morgan fingerprint density at radius 1 is 1.47 bits per heavy atom. The van der Waals surface area contributed by atoms with Crippen molar-refractivity contribution in [3.05, 3.63) is 32.9 Å². The van der Waals surface area contributed by atoms with Gasteiger partial charge >= 0.3 is 5.97 Å². The van der Waals surface area contributed by atoms with Crippen LogP contribution in [0.15, 0.2) is 18.2 Å². The Morgan fingerprint density at radius 3 is 2.68 bits per heavy atom. The van der Waals surface area contributed by atoms with Crippen LogP contribution in [-0.2, 0) is 9.53 Å². The molecule has 1 atom stereocenters. The van der Waals surface area contributed by atoms with Crippen LogP contribution in [0.2, 0.25) is 0 Å². The largest absolute Gasteiger partial charge is 0.480 e. The Balaban J connectivity index is 2.85. The van der Waals surface area contributed by atoms with Crippen LogP contribution in [0.3, 0.4) is 0 Å². The minimum atomic E-state index is -1.06. The first-order valence-corrected chi connectivity index (χ1v) is 6.83. The average Bonchev–Trinajstić information content (AvgIpc) is 2.33. The quantitative estimate of drug-likeness (QED) is 0.742. The van der Waals surface area contributed by atoms with Gasteiger partial charge in [-0.15, -0.1) is 0 Å². The van der Waals surface area contributed by atoms with Gasteiger partial charge in [-0.3, -0.25) is 4.79 Å². The van der Waals surface area contributed by atoms with Gasteiger partial charge < -0.3 is 15.2 Å². The first kappa shape index (κ1) is 15.9. The number of halogens is 1. The van der Waals surface area contributed by atoms with Crippen molar-refractivity contribution < 1.29 is 19.4 Å².